The van der Waals surface area contributed by atoms with Gasteiger partial charge < -0.3 is 5.32 Å². The third-order valence-corrected chi connectivity index (χ3v) is 4.36. The zero-order chi connectivity index (χ0) is 12.4. The molecule has 0 aliphatic carbocycles. The van der Waals surface area contributed by atoms with Gasteiger partial charge in [0.15, 0.2) is 0 Å². The van der Waals surface area contributed by atoms with Crippen LogP contribution in [-0.4, -0.2) is 46.3 Å². The van der Waals surface area contributed by atoms with Gasteiger partial charge in [-0.25, -0.2) is 4.79 Å². The Bertz CT molecular complexity index is 410. The highest BCUT2D eigenvalue weighted by atomic mass is 32.1. The van der Waals surface area contributed by atoms with Gasteiger partial charge in [-0.05, 0) is 25.8 Å². The molecule has 1 aromatic heterocycles. The maximum absolute atomic E-state index is 11.8. The fraction of sp³-hybridized carbons (Fsp3) is 0.727. The number of aromatic nitrogens is 2. The van der Waals surface area contributed by atoms with E-state index in [4.69, 9.17) is 0 Å². The van der Waals surface area contributed by atoms with Crippen LogP contribution in [0.25, 0.3) is 0 Å². The molecule has 1 aromatic rings. The van der Waals surface area contributed by atoms with Crippen molar-refractivity contribution in [1.29, 1.82) is 0 Å². The summed E-state index contributed by atoms with van der Waals surface area (Å²) >= 11 is 1.33. The van der Waals surface area contributed by atoms with E-state index in [1.165, 1.54) is 37.1 Å². The van der Waals surface area contributed by atoms with E-state index in [9.17, 15) is 4.79 Å². The Labute approximate surface area is 110 Å². The number of nitrogens with one attached hydrogen (secondary N) is 2. The molecule has 2 saturated heterocycles. The molecule has 2 aliphatic rings. The first kappa shape index (κ1) is 11.9. The minimum absolute atomic E-state index is 0.163. The number of hydrogen-bond acceptors (Lipinski definition) is 5. The SMILES string of the molecule is O=C(Nc1nncs1)N[C@@H]1CCN2CCCC[C@H]12. The highest BCUT2D eigenvalue weighted by Gasteiger charge is 2.36. The molecule has 0 saturated carbocycles. The van der Waals surface area contributed by atoms with Crippen molar-refractivity contribution in [1.82, 2.24) is 20.4 Å². The number of nitrogens with zero attached hydrogens (tertiary/aromatic N) is 3. The summed E-state index contributed by atoms with van der Waals surface area (Å²) in [5.41, 5.74) is 1.61. The molecule has 2 aliphatic heterocycles. The van der Waals surface area contributed by atoms with Crippen molar-refractivity contribution in [3.8, 4) is 0 Å². The van der Waals surface area contributed by atoms with Gasteiger partial charge in [0.1, 0.15) is 5.51 Å². The molecule has 2 atom stereocenters. The van der Waals surface area contributed by atoms with Crippen LogP contribution in [0.5, 0.6) is 0 Å². The van der Waals surface area contributed by atoms with Gasteiger partial charge >= 0.3 is 6.03 Å². The molecule has 2 fully saturated rings. The molecule has 3 heterocycles. The topological polar surface area (TPSA) is 70.1 Å². The Morgan fingerprint density at radius 2 is 2.33 bits per heavy atom. The average molecular weight is 267 g/mol. The lowest BCUT2D eigenvalue weighted by Crippen LogP contribution is -2.47. The highest BCUT2D eigenvalue weighted by Crippen LogP contribution is 2.27. The number of anilines is 1. The van der Waals surface area contributed by atoms with Gasteiger partial charge in [0.25, 0.3) is 0 Å². The molecule has 98 valence electrons. The van der Waals surface area contributed by atoms with Crippen LogP contribution in [0.2, 0.25) is 0 Å². The summed E-state index contributed by atoms with van der Waals surface area (Å²) in [6.45, 7) is 2.29. The fourth-order valence-corrected chi connectivity index (χ4v) is 3.38. The number of amides is 2. The monoisotopic (exact) mass is 267 g/mol. The summed E-state index contributed by atoms with van der Waals surface area (Å²) < 4.78 is 0. The minimum Gasteiger partial charge on any atom is -0.333 e. The van der Waals surface area contributed by atoms with E-state index in [1.807, 2.05) is 0 Å². The van der Waals surface area contributed by atoms with Crippen LogP contribution in [0.3, 0.4) is 0 Å². The molecule has 7 heteroatoms. The standard InChI is InChI=1S/C11H17N5OS/c17-10(14-11-15-12-7-18-11)13-8-4-6-16-5-2-1-3-9(8)16/h7-9H,1-6H2,(H2,13,14,15,17)/t8-,9-/m1/s1. The van der Waals surface area contributed by atoms with Crippen LogP contribution in [0.4, 0.5) is 9.93 Å². The largest absolute Gasteiger partial charge is 0.333 e. The normalized spacial score (nSPS) is 27.8. The maximum Gasteiger partial charge on any atom is 0.321 e. The van der Waals surface area contributed by atoms with Gasteiger partial charge in [-0.15, -0.1) is 10.2 Å². The van der Waals surface area contributed by atoms with Gasteiger partial charge in [0, 0.05) is 18.6 Å². The van der Waals surface area contributed by atoms with Gasteiger partial charge in [-0.3, -0.25) is 10.2 Å². The Morgan fingerprint density at radius 3 is 3.17 bits per heavy atom. The van der Waals surface area contributed by atoms with Crippen molar-refractivity contribution in [2.24, 2.45) is 0 Å². The lowest BCUT2D eigenvalue weighted by molar-refractivity contribution is 0.180. The molecular weight excluding hydrogens is 250 g/mol. The first-order chi connectivity index (χ1) is 8.83. The summed E-state index contributed by atoms with van der Waals surface area (Å²) in [7, 11) is 0. The second-order valence-corrected chi connectivity index (χ2v) is 5.67. The lowest BCUT2D eigenvalue weighted by atomic mass is 9.99. The molecule has 0 radical (unpaired) electrons. The summed E-state index contributed by atoms with van der Waals surface area (Å²) in [6, 6.07) is 0.640. The zero-order valence-electron chi connectivity index (χ0n) is 10.1. The molecule has 0 aromatic carbocycles. The number of urea groups is 1. The van der Waals surface area contributed by atoms with E-state index in [1.54, 1.807) is 5.51 Å². The number of rotatable bonds is 2. The van der Waals surface area contributed by atoms with E-state index in [2.05, 4.69) is 25.7 Å². The highest BCUT2D eigenvalue weighted by molar-refractivity contribution is 7.13. The molecule has 0 bridgehead atoms. The fourth-order valence-electron chi connectivity index (χ4n) is 2.94. The predicted octanol–water partition coefficient (Wildman–Crippen LogP) is 1.29. The minimum atomic E-state index is -0.163. The number of carbonyl (C=O) groups excluding carboxylic acids is 1. The lowest BCUT2D eigenvalue weighted by Gasteiger charge is -2.32. The number of fused-ring (bicyclic) bond motifs is 1. The molecule has 0 spiro atoms. The third-order valence-electron chi connectivity index (χ3n) is 3.75. The predicted molar refractivity (Wildman–Crippen MR) is 69.7 cm³/mol. The number of carbonyl (C=O) groups is 1. The molecule has 3 rings (SSSR count). The summed E-state index contributed by atoms with van der Waals surface area (Å²) in [5, 5.41) is 13.8. The van der Waals surface area contributed by atoms with Gasteiger partial charge in [-0.1, -0.05) is 17.8 Å². The maximum atomic E-state index is 11.8. The van der Waals surface area contributed by atoms with Crippen LogP contribution in [-0.2, 0) is 0 Å². The molecule has 2 N–H and O–H groups in total. The van der Waals surface area contributed by atoms with E-state index in [-0.39, 0.29) is 12.1 Å². The van der Waals surface area contributed by atoms with E-state index in [0.29, 0.717) is 11.2 Å². The Morgan fingerprint density at radius 1 is 1.39 bits per heavy atom. The van der Waals surface area contributed by atoms with Gasteiger partial charge in [0.2, 0.25) is 5.13 Å². The van der Waals surface area contributed by atoms with Crippen molar-refractivity contribution in [2.75, 3.05) is 18.4 Å². The molecule has 18 heavy (non-hydrogen) atoms. The Balaban J connectivity index is 1.54. The zero-order valence-corrected chi connectivity index (χ0v) is 10.9. The van der Waals surface area contributed by atoms with Crippen molar-refractivity contribution in [3.63, 3.8) is 0 Å². The molecule has 6 nitrogen and oxygen atoms in total. The Hall–Kier alpha value is -1.21. The van der Waals surface area contributed by atoms with Crippen molar-refractivity contribution >= 4 is 22.5 Å². The third kappa shape index (κ3) is 2.46. The first-order valence-electron chi connectivity index (χ1n) is 6.40. The van der Waals surface area contributed by atoms with Gasteiger partial charge in [-0.2, -0.15) is 0 Å². The van der Waals surface area contributed by atoms with Crippen LogP contribution < -0.4 is 10.6 Å². The van der Waals surface area contributed by atoms with Crippen LogP contribution in [0.1, 0.15) is 25.7 Å². The van der Waals surface area contributed by atoms with Crippen LogP contribution in [0, 0.1) is 0 Å². The van der Waals surface area contributed by atoms with Crippen molar-refractivity contribution < 1.29 is 4.79 Å². The van der Waals surface area contributed by atoms with Crippen molar-refractivity contribution in [3.05, 3.63) is 5.51 Å². The number of piperidine rings is 1. The summed E-state index contributed by atoms with van der Waals surface area (Å²) in [6.07, 6.45) is 4.82. The van der Waals surface area contributed by atoms with Crippen molar-refractivity contribution in [2.45, 2.75) is 37.8 Å². The van der Waals surface area contributed by atoms with E-state index in [0.717, 1.165) is 13.0 Å². The van der Waals surface area contributed by atoms with E-state index >= 15 is 0 Å². The van der Waals surface area contributed by atoms with Crippen LogP contribution in [0.15, 0.2) is 5.51 Å². The average Bonchev–Trinajstić information content (AvgIpc) is 3.00. The smallest absolute Gasteiger partial charge is 0.321 e. The molecular formula is C11H17N5OS. The van der Waals surface area contributed by atoms with Gasteiger partial charge in [0.05, 0.1) is 0 Å². The molecule has 2 amide bonds. The number of hydrogen-bond donors (Lipinski definition) is 2. The Kier molecular flexibility index (Phi) is 3.42. The summed E-state index contributed by atoms with van der Waals surface area (Å²) in [4.78, 5) is 14.3. The first-order valence-corrected chi connectivity index (χ1v) is 7.28. The molecule has 0 unspecified atom stereocenters. The summed E-state index contributed by atoms with van der Waals surface area (Å²) in [5.74, 6) is 0. The van der Waals surface area contributed by atoms with Crippen LogP contribution >= 0.6 is 11.3 Å². The van der Waals surface area contributed by atoms with E-state index < -0.39 is 0 Å². The quantitative estimate of drug-likeness (QED) is 0.847. The second kappa shape index (κ2) is 5.19. The second-order valence-electron chi connectivity index (χ2n) is 4.84.